The fourth-order valence-electron chi connectivity index (χ4n) is 1.86. The third-order valence-electron chi connectivity index (χ3n) is 3.10. The largest absolute Gasteiger partial charge is 0.343 e. The van der Waals surface area contributed by atoms with Crippen LogP contribution in [-0.2, 0) is 4.79 Å². The highest BCUT2D eigenvalue weighted by molar-refractivity contribution is 5.76. The zero-order valence-corrected chi connectivity index (χ0v) is 11.4. The molecule has 0 saturated heterocycles. The highest BCUT2D eigenvalue weighted by atomic mass is 16.2. The standard InChI is InChI=1S/C13H28N2O/c1-5-12(6-2)14-11-9-10-13(16)15(7-3)8-4/h12,14H,5-11H2,1-4H3. The molecule has 0 heterocycles. The Morgan fingerprint density at radius 1 is 1.12 bits per heavy atom. The molecule has 0 fully saturated rings. The second-order valence-electron chi connectivity index (χ2n) is 4.14. The van der Waals surface area contributed by atoms with Crippen molar-refractivity contribution in [3.63, 3.8) is 0 Å². The maximum atomic E-state index is 11.7. The van der Waals surface area contributed by atoms with Crippen molar-refractivity contribution in [1.82, 2.24) is 10.2 Å². The summed E-state index contributed by atoms with van der Waals surface area (Å²) in [5.41, 5.74) is 0. The van der Waals surface area contributed by atoms with Gasteiger partial charge in [0, 0.05) is 25.6 Å². The number of amides is 1. The monoisotopic (exact) mass is 228 g/mol. The quantitative estimate of drug-likeness (QED) is 0.615. The third kappa shape index (κ3) is 6.11. The second-order valence-corrected chi connectivity index (χ2v) is 4.14. The van der Waals surface area contributed by atoms with E-state index < -0.39 is 0 Å². The molecule has 0 aromatic rings. The maximum absolute atomic E-state index is 11.7. The van der Waals surface area contributed by atoms with E-state index in [0.29, 0.717) is 12.5 Å². The van der Waals surface area contributed by atoms with Gasteiger partial charge in [-0.15, -0.1) is 0 Å². The SMILES string of the molecule is CCC(CC)NCCCC(=O)N(CC)CC. The molecular formula is C13H28N2O. The van der Waals surface area contributed by atoms with Crippen molar-refractivity contribution in [2.24, 2.45) is 0 Å². The lowest BCUT2D eigenvalue weighted by Gasteiger charge is -2.19. The molecule has 3 nitrogen and oxygen atoms in total. The average Bonchev–Trinajstić information content (AvgIpc) is 2.31. The van der Waals surface area contributed by atoms with E-state index in [1.54, 1.807) is 0 Å². The van der Waals surface area contributed by atoms with Crippen molar-refractivity contribution in [3.05, 3.63) is 0 Å². The molecule has 1 N–H and O–H groups in total. The Hall–Kier alpha value is -0.570. The van der Waals surface area contributed by atoms with E-state index in [0.717, 1.165) is 26.1 Å². The Morgan fingerprint density at radius 3 is 2.12 bits per heavy atom. The summed E-state index contributed by atoms with van der Waals surface area (Å²) < 4.78 is 0. The summed E-state index contributed by atoms with van der Waals surface area (Å²) in [6, 6.07) is 0.614. The highest BCUT2D eigenvalue weighted by Gasteiger charge is 2.08. The third-order valence-corrected chi connectivity index (χ3v) is 3.10. The van der Waals surface area contributed by atoms with Crippen LogP contribution in [0.5, 0.6) is 0 Å². The molecule has 0 aliphatic rings. The molecule has 0 radical (unpaired) electrons. The predicted octanol–water partition coefficient (Wildman–Crippen LogP) is 2.41. The molecule has 16 heavy (non-hydrogen) atoms. The summed E-state index contributed by atoms with van der Waals surface area (Å²) in [4.78, 5) is 13.6. The molecule has 0 rings (SSSR count). The molecule has 0 unspecified atom stereocenters. The van der Waals surface area contributed by atoms with E-state index in [1.807, 2.05) is 18.7 Å². The summed E-state index contributed by atoms with van der Waals surface area (Å²) in [6.45, 7) is 11.1. The van der Waals surface area contributed by atoms with Crippen molar-refractivity contribution in [3.8, 4) is 0 Å². The van der Waals surface area contributed by atoms with Crippen LogP contribution in [0.25, 0.3) is 0 Å². The molecule has 1 amide bonds. The van der Waals surface area contributed by atoms with Gasteiger partial charge in [0.1, 0.15) is 0 Å². The first-order chi connectivity index (χ1) is 7.69. The number of carbonyl (C=O) groups excluding carboxylic acids is 1. The number of hydrogen-bond donors (Lipinski definition) is 1. The van der Waals surface area contributed by atoms with E-state index in [2.05, 4.69) is 19.2 Å². The van der Waals surface area contributed by atoms with Gasteiger partial charge >= 0.3 is 0 Å². The van der Waals surface area contributed by atoms with Crippen molar-refractivity contribution in [2.45, 2.75) is 59.4 Å². The normalized spacial score (nSPS) is 10.8. The lowest BCUT2D eigenvalue weighted by Crippen LogP contribution is -2.32. The molecule has 0 atom stereocenters. The van der Waals surface area contributed by atoms with E-state index in [9.17, 15) is 4.79 Å². The molecular weight excluding hydrogens is 200 g/mol. The molecule has 0 bridgehead atoms. The molecule has 0 saturated carbocycles. The van der Waals surface area contributed by atoms with E-state index in [4.69, 9.17) is 0 Å². The molecule has 96 valence electrons. The van der Waals surface area contributed by atoms with Crippen LogP contribution in [0.1, 0.15) is 53.4 Å². The molecule has 0 aromatic heterocycles. The van der Waals surface area contributed by atoms with Crippen LogP contribution in [0.15, 0.2) is 0 Å². The Kier molecular flexibility index (Phi) is 9.30. The highest BCUT2D eigenvalue weighted by Crippen LogP contribution is 1.99. The number of hydrogen-bond acceptors (Lipinski definition) is 2. The fourth-order valence-corrected chi connectivity index (χ4v) is 1.86. The van der Waals surface area contributed by atoms with Gasteiger partial charge in [-0.2, -0.15) is 0 Å². The average molecular weight is 228 g/mol. The van der Waals surface area contributed by atoms with Gasteiger partial charge in [0.15, 0.2) is 0 Å². The topological polar surface area (TPSA) is 32.3 Å². The number of rotatable bonds is 9. The van der Waals surface area contributed by atoms with E-state index >= 15 is 0 Å². The molecule has 0 spiro atoms. The minimum absolute atomic E-state index is 0.288. The van der Waals surface area contributed by atoms with E-state index in [1.165, 1.54) is 12.8 Å². The van der Waals surface area contributed by atoms with Crippen molar-refractivity contribution >= 4 is 5.91 Å². The summed E-state index contributed by atoms with van der Waals surface area (Å²) in [7, 11) is 0. The number of nitrogens with zero attached hydrogens (tertiary/aromatic N) is 1. The van der Waals surface area contributed by atoms with Gasteiger partial charge in [0.05, 0.1) is 0 Å². The van der Waals surface area contributed by atoms with Crippen LogP contribution in [-0.4, -0.2) is 36.5 Å². The zero-order valence-electron chi connectivity index (χ0n) is 11.4. The summed E-state index contributed by atoms with van der Waals surface area (Å²) in [5, 5.41) is 3.48. The summed E-state index contributed by atoms with van der Waals surface area (Å²) in [6.07, 6.45) is 3.96. The van der Waals surface area contributed by atoms with E-state index in [-0.39, 0.29) is 5.91 Å². The minimum atomic E-state index is 0.288. The first-order valence-electron chi connectivity index (χ1n) is 6.70. The van der Waals surface area contributed by atoms with Crippen LogP contribution in [0.4, 0.5) is 0 Å². The van der Waals surface area contributed by atoms with Crippen molar-refractivity contribution in [2.75, 3.05) is 19.6 Å². The first kappa shape index (κ1) is 15.4. The maximum Gasteiger partial charge on any atom is 0.222 e. The van der Waals surface area contributed by atoms with Crippen molar-refractivity contribution in [1.29, 1.82) is 0 Å². The van der Waals surface area contributed by atoms with Gasteiger partial charge in [-0.25, -0.2) is 0 Å². The van der Waals surface area contributed by atoms with Gasteiger partial charge in [0.25, 0.3) is 0 Å². The fraction of sp³-hybridized carbons (Fsp3) is 0.923. The molecule has 0 aromatic carbocycles. The van der Waals surface area contributed by atoms with Crippen LogP contribution in [0.2, 0.25) is 0 Å². The minimum Gasteiger partial charge on any atom is -0.343 e. The van der Waals surface area contributed by atoms with Crippen LogP contribution in [0.3, 0.4) is 0 Å². The van der Waals surface area contributed by atoms with Gasteiger partial charge in [0.2, 0.25) is 5.91 Å². The number of nitrogens with one attached hydrogen (secondary N) is 1. The molecule has 3 heteroatoms. The Labute approximate surface area is 101 Å². The first-order valence-corrected chi connectivity index (χ1v) is 6.70. The summed E-state index contributed by atoms with van der Waals surface area (Å²) >= 11 is 0. The van der Waals surface area contributed by atoms with Gasteiger partial charge in [-0.3, -0.25) is 4.79 Å². The lowest BCUT2D eigenvalue weighted by molar-refractivity contribution is -0.130. The Morgan fingerprint density at radius 2 is 1.69 bits per heavy atom. The van der Waals surface area contributed by atoms with Gasteiger partial charge < -0.3 is 10.2 Å². The number of carbonyl (C=O) groups is 1. The molecule has 0 aliphatic heterocycles. The predicted molar refractivity (Wildman–Crippen MR) is 69.5 cm³/mol. The Bertz CT molecular complexity index is 175. The Balaban J connectivity index is 3.61. The lowest BCUT2D eigenvalue weighted by atomic mass is 10.1. The molecule has 0 aliphatic carbocycles. The zero-order chi connectivity index (χ0) is 12.4. The second kappa shape index (κ2) is 9.64. The van der Waals surface area contributed by atoms with Crippen LogP contribution in [0, 0.1) is 0 Å². The van der Waals surface area contributed by atoms with Gasteiger partial charge in [-0.05, 0) is 39.7 Å². The van der Waals surface area contributed by atoms with Gasteiger partial charge in [-0.1, -0.05) is 13.8 Å². The smallest absolute Gasteiger partial charge is 0.222 e. The van der Waals surface area contributed by atoms with Crippen LogP contribution < -0.4 is 5.32 Å². The van der Waals surface area contributed by atoms with Crippen LogP contribution >= 0.6 is 0 Å². The summed E-state index contributed by atoms with van der Waals surface area (Å²) in [5.74, 6) is 0.288. The van der Waals surface area contributed by atoms with Crippen molar-refractivity contribution < 1.29 is 4.79 Å².